The molecule has 1 aromatic carbocycles. The number of carbonyl (C=O) groups excluding carboxylic acids is 1. The fourth-order valence-electron chi connectivity index (χ4n) is 1.37. The van der Waals surface area contributed by atoms with Gasteiger partial charge in [0.1, 0.15) is 11.5 Å². The van der Waals surface area contributed by atoms with Gasteiger partial charge in [0.25, 0.3) is 0 Å². The maximum atomic E-state index is 10.6. The molecule has 0 saturated heterocycles. The molecule has 17 heavy (non-hydrogen) atoms. The van der Waals surface area contributed by atoms with Crippen LogP contribution in [0.4, 0.5) is 0 Å². The molecule has 1 unspecified atom stereocenters. The third-order valence-corrected chi connectivity index (χ3v) is 2.28. The average molecular weight is 239 g/mol. The first-order valence-corrected chi connectivity index (χ1v) is 5.31. The largest absolute Gasteiger partial charge is 0.497 e. The Hall–Kier alpha value is -1.75. The monoisotopic (exact) mass is 239 g/mol. The number of carbonyl (C=O) groups is 1. The smallest absolute Gasteiger partial charge is 0.220 e. The number of nitrogens with two attached hydrogens (primary N) is 1. The maximum absolute atomic E-state index is 10.6. The van der Waals surface area contributed by atoms with Gasteiger partial charge in [0.2, 0.25) is 5.91 Å². The van der Waals surface area contributed by atoms with Crippen LogP contribution in [0.1, 0.15) is 25.0 Å². The zero-order valence-electron chi connectivity index (χ0n) is 9.97. The third-order valence-electron chi connectivity index (χ3n) is 2.28. The Balaban J connectivity index is 2.81. The molecule has 0 saturated carbocycles. The molecule has 1 rings (SSSR count). The van der Waals surface area contributed by atoms with E-state index < -0.39 is 12.0 Å². The number of primary amides is 1. The Morgan fingerprint density at radius 2 is 2.24 bits per heavy atom. The Bertz CT molecular complexity index is 390. The first-order valence-electron chi connectivity index (χ1n) is 5.31. The van der Waals surface area contributed by atoms with Crippen LogP contribution in [0.15, 0.2) is 18.2 Å². The molecule has 0 heterocycles. The normalized spacial score (nSPS) is 11.9. The number of rotatable bonds is 6. The number of aliphatic hydroxyl groups excluding tert-OH is 1. The highest BCUT2D eigenvalue weighted by atomic mass is 16.5. The highest BCUT2D eigenvalue weighted by molar-refractivity contribution is 5.73. The molecule has 1 aromatic rings. The van der Waals surface area contributed by atoms with Crippen molar-refractivity contribution in [1.82, 2.24) is 0 Å². The van der Waals surface area contributed by atoms with Gasteiger partial charge >= 0.3 is 0 Å². The molecular weight excluding hydrogens is 222 g/mol. The van der Waals surface area contributed by atoms with Crippen LogP contribution in [-0.2, 0) is 4.79 Å². The number of aliphatic hydroxyl groups is 1. The average Bonchev–Trinajstić information content (AvgIpc) is 2.28. The Kier molecular flexibility index (Phi) is 4.78. The summed E-state index contributed by atoms with van der Waals surface area (Å²) in [6, 6.07) is 5.13. The van der Waals surface area contributed by atoms with E-state index in [0.717, 1.165) is 0 Å². The van der Waals surface area contributed by atoms with Gasteiger partial charge < -0.3 is 20.3 Å². The molecule has 94 valence electrons. The summed E-state index contributed by atoms with van der Waals surface area (Å²) in [4.78, 5) is 10.6. The number of amides is 1. The number of hydrogen-bond donors (Lipinski definition) is 2. The number of benzene rings is 1. The van der Waals surface area contributed by atoms with Crippen LogP contribution in [0, 0.1) is 0 Å². The second-order valence-corrected chi connectivity index (χ2v) is 3.64. The molecule has 1 amide bonds. The Labute approximate surface area is 100 Å². The van der Waals surface area contributed by atoms with E-state index in [0.29, 0.717) is 17.1 Å². The van der Waals surface area contributed by atoms with Gasteiger partial charge in [-0.25, -0.2) is 0 Å². The van der Waals surface area contributed by atoms with Crippen LogP contribution in [0.5, 0.6) is 11.5 Å². The first-order chi connectivity index (χ1) is 8.04. The van der Waals surface area contributed by atoms with Crippen molar-refractivity contribution in [1.29, 1.82) is 0 Å². The molecule has 0 aliphatic carbocycles. The van der Waals surface area contributed by atoms with Crippen LogP contribution in [0.2, 0.25) is 0 Å². The molecule has 0 spiro atoms. The summed E-state index contributed by atoms with van der Waals surface area (Å²) in [6.45, 7) is 1.82. The minimum atomic E-state index is -0.649. The van der Waals surface area contributed by atoms with E-state index in [2.05, 4.69) is 0 Å². The molecular formula is C12H17NO4. The number of hydrogen-bond acceptors (Lipinski definition) is 4. The molecule has 5 heteroatoms. The van der Waals surface area contributed by atoms with E-state index in [4.69, 9.17) is 15.2 Å². The summed E-state index contributed by atoms with van der Waals surface area (Å²) in [7, 11) is 1.55. The second-order valence-electron chi connectivity index (χ2n) is 3.64. The molecule has 0 fully saturated rings. The lowest BCUT2D eigenvalue weighted by Crippen LogP contribution is -2.15. The van der Waals surface area contributed by atoms with Gasteiger partial charge in [0.05, 0.1) is 26.2 Å². The van der Waals surface area contributed by atoms with Crippen LogP contribution in [-0.4, -0.2) is 24.7 Å². The molecule has 0 aromatic heterocycles. The lowest BCUT2D eigenvalue weighted by Gasteiger charge is -2.14. The SMILES string of the molecule is COc1ccc(C(C)O)c(OCCC(N)=O)c1. The number of ether oxygens (including phenoxy) is 2. The summed E-state index contributed by atoms with van der Waals surface area (Å²) in [5.74, 6) is 0.704. The van der Waals surface area contributed by atoms with Crippen LogP contribution < -0.4 is 15.2 Å². The van der Waals surface area contributed by atoms with E-state index in [1.54, 1.807) is 32.2 Å². The van der Waals surface area contributed by atoms with Crippen LogP contribution >= 0.6 is 0 Å². The quantitative estimate of drug-likeness (QED) is 0.776. The summed E-state index contributed by atoms with van der Waals surface area (Å²) < 4.78 is 10.5. The van der Waals surface area contributed by atoms with Crippen molar-refractivity contribution in [2.45, 2.75) is 19.4 Å². The van der Waals surface area contributed by atoms with E-state index in [-0.39, 0.29) is 13.0 Å². The van der Waals surface area contributed by atoms with Crippen molar-refractivity contribution in [3.05, 3.63) is 23.8 Å². The molecule has 3 N–H and O–H groups in total. The van der Waals surface area contributed by atoms with Crippen molar-refractivity contribution in [2.24, 2.45) is 5.73 Å². The summed E-state index contributed by atoms with van der Waals surface area (Å²) >= 11 is 0. The third kappa shape index (κ3) is 3.96. The molecule has 1 atom stereocenters. The van der Waals surface area contributed by atoms with Gasteiger partial charge in [-0.3, -0.25) is 4.79 Å². The maximum Gasteiger partial charge on any atom is 0.220 e. The summed E-state index contributed by atoms with van der Waals surface area (Å²) in [6.07, 6.45) is -0.513. The van der Waals surface area contributed by atoms with E-state index in [1.165, 1.54) is 0 Å². The highest BCUT2D eigenvalue weighted by Crippen LogP contribution is 2.29. The molecule has 5 nitrogen and oxygen atoms in total. The predicted octanol–water partition coefficient (Wildman–Crippen LogP) is 1.00. The minimum Gasteiger partial charge on any atom is -0.497 e. The van der Waals surface area contributed by atoms with Gasteiger partial charge in [-0.2, -0.15) is 0 Å². The minimum absolute atomic E-state index is 0.135. The van der Waals surface area contributed by atoms with Gasteiger partial charge in [0.15, 0.2) is 0 Å². The van der Waals surface area contributed by atoms with Crippen LogP contribution in [0.3, 0.4) is 0 Å². The first kappa shape index (κ1) is 13.3. The molecule has 0 radical (unpaired) electrons. The van der Waals surface area contributed by atoms with Gasteiger partial charge in [-0.15, -0.1) is 0 Å². The van der Waals surface area contributed by atoms with Crippen molar-refractivity contribution < 1.29 is 19.4 Å². The predicted molar refractivity (Wildman–Crippen MR) is 62.9 cm³/mol. The van der Waals surface area contributed by atoms with Crippen molar-refractivity contribution >= 4 is 5.91 Å². The lowest BCUT2D eigenvalue weighted by atomic mass is 10.1. The summed E-state index contributed by atoms with van der Waals surface area (Å²) in [5.41, 5.74) is 5.67. The van der Waals surface area contributed by atoms with Crippen molar-refractivity contribution in [3.63, 3.8) is 0 Å². The highest BCUT2D eigenvalue weighted by Gasteiger charge is 2.10. The molecule has 0 aliphatic heterocycles. The van der Waals surface area contributed by atoms with E-state index >= 15 is 0 Å². The van der Waals surface area contributed by atoms with Gasteiger partial charge in [0, 0.05) is 11.6 Å². The van der Waals surface area contributed by atoms with Gasteiger partial charge in [-0.1, -0.05) is 0 Å². The lowest BCUT2D eigenvalue weighted by molar-refractivity contribution is -0.118. The van der Waals surface area contributed by atoms with Crippen LogP contribution in [0.25, 0.3) is 0 Å². The second kappa shape index (κ2) is 6.10. The molecule has 0 bridgehead atoms. The fraction of sp³-hybridized carbons (Fsp3) is 0.417. The van der Waals surface area contributed by atoms with Crippen molar-refractivity contribution in [2.75, 3.05) is 13.7 Å². The number of methoxy groups -OCH3 is 1. The standard InChI is InChI=1S/C12H17NO4/c1-8(14)10-4-3-9(16-2)7-11(10)17-6-5-12(13)15/h3-4,7-8,14H,5-6H2,1-2H3,(H2,13,15). The van der Waals surface area contributed by atoms with Gasteiger partial charge in [-0.05, 0) is 19.1 Å². The topological polar surface area (TPSA) is 81.8 Å². The Morgan fingerprint density at radius 1 is 1.53 bits per heavy atom. The summed E-state index contributed by atoms with van der Waals surface area (Å²) in [5, 5.41) is 9.56. The zero-order valence-corrected chi connectivity index (χ0v) is 9.97. The van der Waals surface area contributed by atoms with E-state index in [1.807, 2.05) is 0 Å². The molecule has 0 aliphatic rings. The Morgan fingerprint density at radius 3 is 2.76 bits per heavy atom. The fourth-order valence-corrected chi connectivity index (χ4v) is 1.37. The van der Waals surface area contributed by atoms with Crippen molar-refractivity contribution in [3.8, 4) is 11.5 Å². The van der Waals surface area contributed by atoms with E-state index in [9.17, 15) is 9.90 Å². The zero-order chi connectivity index (χ0) is 12.8.